The zero-order chi connectivity index (χ0) is 19.4. The molecule has 0 fully saturated rings. The van der Waals surface area contributed by atoms with E-state index in [0.29, 0.717) is 19.4 Å². The molecule has 0 atom stereocenters. The van der Waals surface area contributed by atoms with Gasteiger partial charge in [0, 0.05) is 12.5 Å². The first-order chi connectivity index (χ1) is 12.9. The standard InChI is InChI=1S/C22H25NO4/c1-22(2,20(24)25)12-7-13-23-21(26)27-14-19-17-10-5-3-8-15(17)16-9-4-6-11-18(16)19/h3-6,8-11,19H,7,12-14H2,1-2H3,(H,23,26)(H,24,25). The van der Waals surface area contributed by atoms with Crippen LogP contribution in [-0.2, 0) is 9.53 Å². The van der Waals surface area contributed by atoms with Gasteiger partial charge < -0.3 is 15.2 Å². The second kappa shape index (κ2) is 7.82. The molecule has 0 aliphatic heterocycles. The van der Waals surface area contributed by atoms with Crippen LogP contribution in [0.2, 0.25) is 0 Å². The molecule has 5 heteroatoms. The average Bonchev–Trinajstić information content (AvgIpc) is 2.97. The molecule has 0 heterocycles. The smallest absolute Gasteiger partial charge is 0.407 e. The van der Waals surface area contributed by atoms with Crippen LogP contribution in [0, 0.1) is 5.41 Å². The summed E-state index contributed by atoms with van der Waals surface area (Å²) < 4.78 is 5.45. The summed E-state index contributed by atoms with van der Waals surface area (Å²) in [6.07, 6.45) is 0.611. The predicted octanol–water partition coefficient (Wildman–Crippen LogP) is 4.42. The Morgan fingerprint density at radius 2 is 1.59 bits per heavy atom. The molecule has 3 rings (SSSR count). The SMILES string of the molecule is CC(C)(CCCNC(=O)OCC1c2ccccc2-c2ccccc21)C(=O)O. The van der Waals surface area contributed by atoms with Gasteiger partial charge in [0.2, 0.25) is 0 Å². The third kappa shape index (κ3) is 4.13. The third-order valence-corrected chi connectivity index (χ3v) is 5.17. The van der Waals surface area contributed by atoms with Gasteiger partial charge in [-0.15, -0.1) is 0 Å². The van der Waals surface area contributed by atoms with E-state index in [1.807, 2.05) is 24.3 Å². The Balaban J connectivity index is 1.53. The normalized spacial score (nSPS) is 13.0. The van der Waals surface area contributed by atoms with Gasteiger partial charge in [-0.25, -0.2) is 4.79 Å². The minimum Gasteiger partial charge on any atom is -0.481 e. The maximum Gasteiger partial charge on any atom is 0.407 e. The molecule has 2 N–H and O–H groups in total. The van der Waals surface area contributed by atoms with Gasteiger partial charge in [0.15, 0.2) is 0 Å². The van der Waals surface area contributed by atoms with Crippen LogP contribution in [-0.4, -0.2) is 30.3 Å². The van der Waals surface area contributed by atoms with Crippen molar-refractivity contribution in [2.45, 2.75) is 32.6 Å². The molecule has 0 bridgehead atoms. The number of hydrogen-bond donors (Lipinski definition) is 2. The van der Waals surface area contributed by atoms with Crippen molar-refractivity contribution in [1.82, 2.24) is 5.32 Å². The number of alkyl carbamates (subject to hydrolysis) is 1. The number of aliphatic carboxylic acids is 1. The molecule has 0 saturated carbocycles. The quantitative estimate of drug-likeness (QED) is 0.711. The maximum atomic E-state index is 12.0. The van der Waals surface area contributed by atoms with E-state index in [1.165, 1.54) is 22.3 Å². The van der Waals surface area contributed by atoms with Gasteiger partial charge in [0.1, 0.15) is 6.61 Å². The van der Waals surface area contributed by atoms with E-state index in [-0.39, 0.29) is 12.5 Å². The lowest BCUT2D eigenvalue weighted by Gasteiger charge is -2.19. The molecular weight excluding hydrogens is 342 g/mol. The number of carboxylic acids is 1. The highest BCUT2D eigenvalue weighted by molar-refractivity contribution is 5.79. The van der Waals surface area contributed by atoms with Gasteiger partial charge >= 0.3 is 12.1 Å². The fourth-order valence-electron chi connectivity index (χ4n) is 3.48. The molecule has 1 amide bonds. The van der Waals surface area contributed by atoms with E-state index < -0.39 is 17.5 Å². The summed E-state index contributed by atoms with van der Waals surface area (Å²) in [5.74, 6) is -0.794. The van der Waals surface area contributed by atoms with E-state index in [9.17, 15) is 9.59 Å². The molecule has 2 aromatic carbocycles. The topological polar surface area (TPSA) is 75.6 Å². The lowest BCUT2D eigenvalue weighted by Crippen LogP contribution is -2.29. The van der Waals surface area contributed by atoms with Crippen molar-refractivity contribution in [3.05, 3.63) is 59.7 Å². The molecule has 0 aromatic heterocycles. The van der Waals surface area contributed by atoms with Crippen LogP contribution < -0.4 is 5.32 Å². The molecular formula is C22H25NO4. The van der Waals surface area contributed by atoms with Gasteiger partial charge in [-0.05, 0) is 48.9 Å². The number of fused-ring (bicyclic) bond motifs is 3. The van der Waals surface area contributed by atoms with E-state index in [4.69, 9.17) is 9.84 Å². The summed E-state index contributed by atoms with van der Waals surface area (Å²) in [4.78, 5) is 23.1. The third-order valence-electron chi connectivity index (χ3n) is 5.17. The van der Waals surface area contributed by atoms with Crippen molar-refractivity contribution < 1.29 is 19.4 Å². The van der Waals surface area contributed by atoms with Crippen LogP contribution in [0.5, 0.6) is 0 Å². The highest BCUT2D eigenvalue weighted by Gasteiger charge is 2.29. The highest BCUT2D eigenvalue weighted by Crippen LogP contribution is 2.44. The molecule has 0 spiro atoms. The lowest BCUT2D eigenvalue weighted by molar-refractivity contribution is -0.147. The molecule has 0 unspecified atom stereocenters. The van der Waals surface area contributed by atoms with Crippen molar-refractivity contribution in [3.8, 4) is 11.1 Å². The number of amides is 1. The van der Waals surface area contributed by atoms with Crippen molar-refractivity contribution in [1.29, 1.82) is 0 Å². The van der Waals surface area contributed by atoms with E-state index in [2.05, 4.69) is 29.6 Å². The number of rotatable bonds is 7. The zero-order valence-corrected chi connectivity index (χ0v) is 15.7. The number of benzene rings is 2. The number of ether oxygens (including phenoxy) is 1. The van der Waals surface area contributed by atoms with Gasteiger partial charge in [0.25, 0.3) is 0 Å². The Morgan fingerprint density at radius 3 is 2.15 bits per heavy atom. The fraction of sp³-hybridized carbons (Fsp3) is 0.364. The Labute approximate surface area is 159 Å². The number of carbonyl (C=O) groups excluding carboxylic acids is 1. The van der Waals surface area contributed by atoms with Crippen molar-refractivity contribution >= 4 is 12.1 Å². The summed E-state index contributed by atoms with van der Waals surface area (Å²) in [7, 11) is 0. The van der Waals surface area contributed by atoms with Crippen LogP contribution in [0.3, 0.4) is 0 Å². The highest BCUT2D eigenvalue weighted by atomic mass is 16.5. The molecule has 1 aliphatic rings. The molecule has 5 nitrogen and oxygen atoms in total. The van der Waals surface area contributed by atoms with Crippen molar-refractivity contribution in [2.24, 2.45) is 5.41 Å². The van der Waals surface area contributed by atoms with Crippen LogP contribution in [0.25, 0.3) is 11.1 Å². The predicted molar refractivity (Wildman–Crippen MR) is 104 cm³/mol. The summed E-state index contributed by atoms with van der Waals surface area (Å²) in [5, 5.41) is 11.8. The van der Waals surface area contributed by atoms with Gasteiger partial charge in [0.05, 0.1) is 5.41 Å². The van der Waals surface area contributed by atoms with Gasteiger partial charge in [-0.3, -0.25) is 4.79 Å². The Kier molecular flexibility index (Phi) is 5.49. The molecule has 0 radical (unpaired) electrons. The summed E-state index contributed by atoms with van der Waals surface area (Å²) in [6, 6.07) is 16.4. The minimum atomic E-state index is -0.830. The summed E-state index contributed by atoms with van der Waals surface area (Å²) in [5.41, 5.74) is 3.95. The molecule has 2 aromatic rings. The first-order valence-electron chi connectivity index (χ1n) is 9.22. The molecule has 142 valence electrons. The monoisotopic (exact) mass is 367 g/mol. The number of carbonyl (C=O) groups is 2. The Morgan fingerprint density at radius 1 is 1.04 bits per heavy atom. The lowest BCUT2D eigenvalue weighted by atomic mass is 9.88. The number of carboxylic acid groups (broad SMARTS) is 1. The number of hydrogen-bond acceptors (Lipinski definition) is 3. The van der Waals surface area contributed by atoms with Crippen LogP contribution >= 0.6 is 0 Å². The second-order valence-corrected chi connectivity index (χ2v) is 7.54. The fourth-order valence-corrected chi connectivity index (χ4v) is 3.48. The first kappa shape index (κ1) is 19.0. The number of nitrogens with one attached hydrogen (secondary N) is 1. The van der Waals surface area contributed by atoms with E-state index >= 15 is 0 Å². The van der Waals surface area contributed by atoms with Crippen LogP contribution in [0.1, 0.15) is 43.7 Å². The second-order valence-electron chi connectivity index (χ2n) is 7.54. The van der Waals surface area contributed by atoms with Gasteiger partial charge in [-0.1, -0.05) is 48.5 Å². The zero-order valence-electron chi connectivity index (χ0n) is 15.7. The largest absolute Gasteiger partial charge is 0.481 e. The maximum absolute atomic E-state index is 12.0. The van der Waals surface area contributed by atoms with Crippen LogP contribution in [0.15, 0.2) is 48.5 Å². The molecule has 0 saturated heterocycles. The van der Waals surface area contributed by atoms with Crippen molar-refractivity contribution in [2.75, 3.05) is 13.2 Å². The molecule has 1 aliphatic carbocycles. The molecule has 27 heavy (non-hydrogen) atoms. The van der Waals surface area contributed by atoms with E-state index in [0.717, 1.165) is 0 Å². The Bertz CT molecular complexity index is 798. The summed E-state index contributed by atoms with van der Waals surface area (Å²) in [6.45, 7) is 4.04. The van der Waals surface area contributed by atoms with Crippen molar-refractivity contribution in [3.63, 3.8) is 0 Å². The minimum absolute atomic E-state index is 0.0362. The van der Waals surface area contributed by atoms with Crippen LogP contribution in [0.4, 0.5) is 4.79 Å². The first-order valence-corrected chi connectivity index (χ1v) is 9.22. The van der Waals surface area contributed by atoms with Gasteiger partial charge in [-0.2, -0.15) is 0 Å². The average molecular weight is 367 g/mol. The van der Waals surface area contributed by atoms with E-state index in [1.54, 1.807) is 13.8 Å². The summed E-state index contributed by atoms with van der Waals surface area (Å²) >= 11 is 0. The Hall–Kier alpha value is -2.82.